The van der Waals surface area contributed by atoms with Gasteiger partial charge in [0.15, 0.2) is 0 Å². The van der Waals surface area contributed by atoms with Crippen LogP contribution in [0.25, 0.3) is 0 Å². The molecule has 1 atom stereocenters. The van der Waals surface area contributed by atoms with E-state index in [0.717, 1.165) is 27.8 Å². The first-order valence-electron chi connectivity index (χ1n) is 15.0. The van der Waals surface area contributed by atoms with Gasteiger partial charge >= 0.3 is 0 Å². The van der Waals surface area contributed by atoms with E-state index in [4.69, 9.17) is 0 Å². The zero-order valence-corrected chi connectivity index (χ0v) is 26.7. The van der Waals surface area contributed by atoms with Crippen LogP contribution >= 0.6 is 0 Å². The molecule has 0 aromatic heterocycles. The fourth-order valence-electron chi connectivity index (χ4n) is 5.26. The van der Waals surface area contributed by atoms with Crippen molar-refractivity contribution in [1.29, 1.82) is 0 Å². The normalized spacial score (nSPS) is 11.9. The zero-order chi connectivity index (χ0) is 31.7. The number of benzene rings is 4. The van der Waals surface area contributed by atoms with E-state index in [2.05, 4.69) is 5.32 Å². The first kappa shape index (κ1) is 32.5. The van der Waals surface area contributed by atoms with Crippen LogP contribution in [0.15, 0.2) is 108 Å². The molecule has 0 heterocycles. The summed E-state index contributed by atoms with van der Waals surface area (Å²) in [6.07, 6.45) is 0.854. The van der Waals surface area contributed by atoms with Gasteiger partial charge < -0.3 is 10.2 Å². The van der Waals surface area contributed by atoms with Crippen molar-refractivity contribution in [3.8, 4) is 0 Å². The maximum Gasteiger partial charge on any atom is 0.264 e. The summed E-state index contributed by atoms with van der Waals surface area (Å²) in [5.74, 6) is -0.764. The van der Waals surface area contributed by atoms with Crippen LogP contribution in [-0.4, -0.2) is 44.3 Å². The van der Waals surface area contributed by atoms with Crippen LogP contribution in [0.4, 0.5) is 5.69 Å². The molecule has 1 N–H and O–H groups in total. The van der Waals surface area contributed by atoms with Gasteiger partial charge in [0, 0.05) is 19.5 Å². The van der Waals surface area contributed by atoms with Crippen molar-refractivity contribution in [2.75, 3.05) is 17.4 Å². The number of carbonyl (C=O) groups excluding carboxylic acids is 2. The molecule has 7 nitrogen and oxygen atoms in total. The molecule has 1 unspecified atom stereocenters. The molecule has 0 saturated carbocycles. The van der Waals surface area contributed by atoms with Crippen molar-refractivity contribution < 1.29 is 18.0 Å². The van der Waals surface area contributed by atoms with Gasteiger partial charge in [0.05, 0.1) is 10.6 Å². The highest BCUT2D eigenvalue weighted by atomic mass is 32.2. The lowest BCUT2D eigenvalue weighted by molar-refractivity contribution is -0.140. The molecule has 4 rings (SSSR count). The fraction of sp³-hybridized carbons (Fsp3) is 0.278. The SMILES string of the molecule is CCNC(=O)C(Cc1ccccc1)N(Cc1cccc(C)c1)C(=O)CN(c1ccccc1CC)S(=O)(=O)c1ccc(C)cc1. The summed E-state index contributed by atoms with van der Waals surface area (Å²) in [6.45, 7) is 7.72. The summed E-state index contributed by atoms with van der Waals surface area (Å²) in [5, 5.41) is 2.90. The molecule has 44 heavy (non-hydrogen) atoms. The van der Waals surface area contributed by atoms with Crippen molar-refractivity contribution in [1.82, 2.24) is 10.2 Å². The number of rotatable bonds is 13. The Hall–Kier alpha value is -4.43. The summed E-state index contributed by atoms with van der Waals surface area (Å²) in [7, 11) is -4.14. The van der Waals surface area contributed by atoms with E-state index >= 15 is 0 Å². The Kier molecular flexibility index (Phi) is 11.0. The molecule has 2 amide bonds. The van der Waals surface area contributed by atoms with E-state index in [1.165, 1.54) is 9.21 Å². The molecule has 4 aromatic carbocycles. The first-order valence-corrected chi connectivity index (χ1v) is 16.4. The van der Waals surface area contributed by atoms with Crippen LogP contribution in [0.1, 0.15) is 41.7 Å². The number of hydrogen-bond acceptors (Lipinski definition) is 4. The van der Waals surface area contributed by atoms with Crippen molar-refractivity contribution in [3.05, 3.63) is 131 Å². The first-order chi connectivity index (χ1) is 21.1. The van der Waals surface area contributed by atoms with Crippen LogP contribution in [0.5, 0.6) is 0 Å². The smallest absolute Gasteiger partial charge is 0.264 e. The van der Waals surface area contributed by atoms with Gasteiger partial charge in [-0.1, -0.05) is 103 Å². The van der Waals surface area contributed by atoms with Crippen LogP contribution in [0.2, 0.25) is 0 Å². The number of amides is 2. The van der Waals surface area contributed by atoms with Crippen LogP contribution in [0.3, 0.4) is 0 Å². The second-order valence-electron chi connectivity index (χ2n) is 10.9. The third-order valence-corrected chi connectivity index (χ3v) is 9.36. The number of anilines is 1. The Morgan fingerprint density at radius 2 is 1.43 bits per heavy atom. The van der Waals surface area contributed by atoms with Gasteiger partial charge in [0.25, 0.3) is 10.0 Å². The second-order valence-corrected chi connectivity index (χ2v) is 12.8. The molecule has 8 heteroatoms. The Morgan fingerprint density at radius 3 is 2.09 bits per heavy atom. The van der Waals surface area contributed by atoms with Gasteiger partial charge in [-0.25, -0.2) is 8.42 Å². The molecular formula is C36H41N3O4S. The third kappa shape index (κ3) is 7.94. The van der Waals surface area contributed by atoms with Gasteiger partial charge in [-0.3, -0.25) is 13.9 Å². The Labute approximate surface area is 261 Å². The number of nitrogens with one attached hydrogen (secondary N) is 1. The maximum absolute atomic E-state index is 14.5. The number of sulfonamides is 1. The minimum atomic E-state index is -4.14. The highest BCUT2D eigenvalue weighted by molar-refractivity contribution is 7.92. The van der Waals surface area contributed by atoms with Gasteiger partial charge in [0.1, 0.15) is 12.6 Å². The van der Waals surface area contributed by atoms with Crippen LogP contribution in [0, 0.1) is 13.8 Å². The predicted octanol–water partition coefficient (Wildman–Crippen LogP) is 5.84. The number of nitrogens with zero attached hydrogens (tertiary/aromatic N) is 2. The molecule has 0 aliphatic heterocycles. The highest BCUT2D eigenvalue weighted by Gasteiger charge is 2.35. The lowest BCUT2D eigenvalue weighted by Gasteiger charge is -2.34. The molecule has 0 radical (unpaired) electrons. The predicted molar refractivity (Wildman–Crippen MR) is 176 cm³/mol. The summed E-state index contributed by atoms with van der Waals surface area (Å²) in [6, 6.07) is 30.3. The van der Waals surface area contributed by atoms with Gasteiger partial charge in [-0.05, 0) is 62.1 Å². The number of likely N-dealkylation sites (N-methyl/N-ethyl adjacent to an activating group) is 1. The van der Waals surface area contributed by atoms with Crippen LogP contribution in [-0.2, 0) is 39.0 Å². The highest BCUT2D eigenvalue weighted by Crippen LogP contribution is 2.28. The van der Waals surface area contributed by atoms with Crippen LogP contribution < -0.4 is 9.62 Å². The summed E-state index contributed by atoms with van der Waals surface area (Å²) >= 11 is 0. The molecule has 0 saturated heterocycles. The topological polar surface area (TPSA) is 86.8 Å². The Morgan fingerprint density at radius 1 is 0.773 bits per heavy atom. The minimum Gasteiger partial charge on any atom is -0.355 e. The third-order valence-electron chi connectivity index (χ3n) is 7.59. The summed E-state index contributed by atoms with van der Waals surface area (Å²) in [4.78, 5) is 29.8. The standard InChI is InChI=1S/C36H41N3O4S/c1-5-31-17-10-11-18-33(31)39(44(42,43)32-21-19-27(3)20-22-32)26-35(40)38(25-30-16-12-13-28(4)23-30)34(36(41)37-6-2)24-29-14-8-7-9-15-29/h7-23,34H,5-6,24-26H2,1-4H3,(H,37,41). The van der Waals surface area contributed by atoms with Gasteiger partial charge in [-0.15, -0.1) is 0 Å². The molecule has 0 spiro atoms. The number of carbonyl (C=O) groups is 2. The average Bonchev–Trinajstić information content (AvgIpc) is 3.02. The lowest BCUT2D eigenvalue weighted by atomic mass is 10.0. The van der Waals surface area contributed by atoms with Crippen molar-refractivity contribution in [2.24, 2.45) is 0 Å². The van der Waals surface area contributed by atoms with E-state index in [9.17, 15) is 18.0 Å². The summed E-state index contributed by atoms with van der Waals surface area (Å²) < 4.78 is 29.7. The molecule has 230 valence electrons. The van der Waals surface area contributed by atoms with Gasteiger partial charge in [0.2, 0.25) is 11.8 Å². The van der Waals surface area contributed by atoms with Crippen molar-refractivity contribution in [3.63, 3.8) is 0 Å². The van der Waals surface area contributed by atoms with E-state index in [0.29, 0.717) is 18.7 Å². The zero-order valence-electron chi connectivity index (χ0n) is 25.9. The molecule has 0 aliphatic rings. The molecule has 4 aromatic rings. The second kappa shape index (κ2) is 14.8. The quantitative estimate of drug-likeness (QED) is 0.206. The van der Waals surface area contributed by atoms with Gasteiger partial charge in [-0.2, -0.15) is 0 Å². The Balaban J connectivity index is 1.82. The maximum atomic E-state index is 14.5. The van der Waals surface area contributed by atoms with Crippen molar-refractivity contribution in [2.45, 2.75) is 58.0 Å². The number of aryl methyl sites for hydroxylation is 3. The summed E-state index contributed by atoms with van der Waals surface area (Å²) in [5.41, 5.74) is 4.93. The largest absolute Gasteiger partial charge is 0.355 e. The van der Waals surface area contributed by atoms with E-state index in [1.54, 1.807) is 36.4 Å². The monoisotopic (exact) mass is 611 g/mol. The van der Waals surface area contributed by atoms with Crippen molar-refractivity contribution >= 4 is 27.5 Å². The molecule has 0 bridgehead atoms. The minimum absolute atomic E-state index is 0.0941. The molecule has 0 aliphatic carbocycles. The van der Waals surface area contributed by atoms with E-state index in [-0.39, 0.29) is 23.8 Å². The number of para-hydroxylation sites is 1. The fourth-order valence-corrected chi connectivity index (χ4v) is 6.71. The molecule has 0 fully saturated rings. The lowest BCUT2D eigenvalue weighted by Crippen LogP contribution is -2.53. The van der Waals surface area contributed by atoms with E-state index < -0.39 is 28.5 Å². The van der Waals surface area contributed by atoms with E-state index in [1.807, 2.05) is 94.4 Å². The molecular weight excluding hydrogens is 570 g/mol. The Bertz CT molecular complexity index is 1670. The number of hydrogen-bond donors (Lipinski definition) is 1. The average molecular weight is 612 g/mol.